The predicted octanol–water partition coefficient (Wildman–Crippen LogP) is 0.638. The molecule has 66 valence electrons. The summed E-state index contributed by atoms with van der Waals surface area (Å²) in [6.07, 6.45) is 6.11. The molecule has 2 saturated heterocycles. The van der Waals surface area contributed by atoms with Crippen molar-refractivity contribution < 1.29 is 0 Å². The monoisotopic (exact) mass is 165 g/mol. The van der Waals surface area contributed by atoms with Crippen molar-refractivity contribution in [2.24, 2.45) is 0 Å². The van der Waals surface area contributed by atoms with Gasteiger partial charge in [-0.05, 0) is 32.4 Å². The number of likely N-dealkylation sites (tertiary alicyclic amines) is 2. The third-order valence-corrected chi connectivity index (χ3v) is 2.96. The molecule has 0 aromatic rings. The summed E-state index contributed by atoms with van der Waals surface area (Å²) in [5.41, 5.74) is 0. The number of hydrogen-bond acceptors (Lipinski definition) is 3. The molecule has 3 nitrogen and oxygen atoms in total. The topological polar surface area (TPSA) is 30.3 Å². The van der Waals surface area contributed by atoms with E-state index in [9.17, 15) is 0 Å². The Morgan fingerprint density at radius 1 is 1.17 bits per heavy atom. The molecule has 2 fully saturated rings. The molecular formula is C9H15N3. The van der Waals surface area contributed by atoms with E-state index in [0.29, 0.717) is 6.04 Å². The highest BCUT2D eigenvalue weighted by Crippen LogP contribution is 2.19. The van der Waals surface area contributed by atoms with Gasteiger partial charge in [0.05, 0.1) is 0 Å². The van der Waals surface area contributed by atoms with Crippen LogP contribution in [-0.4, -0.2) is 42.0 Å². The SMILES string of the molecule is N#CN1CCC(N2CCCC2)C1. The van der Waals surface area contributed by atoms with Crippen LogP contribution in [0.3, 0.4) is 0 Å². The minimum atomic E-state index is 0.673. The lowest BCUT2D eigenvalue weighted by Gasteiger charge is -2.22. The zero-order valence-corrected chi connectivity index (χ0v) is 7.37. The number of nitriles is 1. The Bertz CT molecular complexity index is 190. The maximum atomic E-state index is 8.68. The molecule has 0 spiro atoms. The van der Waals surface area contributed by atoms with Crippen molar-refractivity contribution in [2.75, 3.05) is 26.2 Å². The number of nitrogens with zero attached hydrogens (tertiary/aromatic N) is 3. The van der Waals surface area contributed by atoms with Crippen LogP contribution in [0.5, 0.6) is 0 Å². The highest BCUT2D eigenvalue weighted by Gasteiger charge is 2.28. The molecule has 2 aliphatic rings. The van der Waals surface area contributed by atoms with Gasteiger partial charge in [0.15, 0.2) is 6.19 Å². The Morgan fingerprint density at radius 2 is 1.92 bits per heavy atom. The number of hydrogen-bond donors (Lipinski definition) is 0. The van der Waals surface area contributed by atoms with E-state index in [1.165, 1.54) is 32.4 Å². The molecule has 1 unspecified atom stereocenters. The summed E-state index contributed by atoms with van der Waals surface area (Å²) in [6, 6.07) is 0.673. The Balaban J connectivity index is 1.86. The first-order valence-electron chi connectivity index (χ1n) is 4.79. The molecule has 3 heteroatoms. The molecular weight excluding hydrogens is 150 g/mol. The lowest BCUT2D eigenvalue weighted by molar-refractivity contribution is 0.248. The maximum absolute atomic E-state index is 8.68. The Labute approximate surface area is 73.6 Å². The molecule has 0 bridgehead atoms. The van der Waals surface area contributed by atoms with E-state index in [1.54, 1.807) is 0 Å². The third kappa shape index (κ3) is 1.39. The number of rotatable bonds is 1. The van der Waals surface area contributed by atoms with E-state index < -0.39 is 0 Å². The fourth-order valence-electron chi connectivity index (χ4n) is 2.24. The maximum Gasteiger partial charge on any atom is 0.179 e. The molecule has 0 aliphatic carbocycles. The van der Waals surface area contributed by atoms with Gasteiger partial charge in [-0.1, -0.05) is 0 Å². The largest absolute Gasteiger partial charge is 0.309 e. The smallest absolute Gasteiger partial charge is 0.179 e. The summed E-state index contributed by atoms with van der Waals surface area (Å²) in [5, 5.41) is 8.68. The molecule has 12 heavy (non-hydrogen) atoms. The van der Waals surface area contributed by atoms with Gasteiger partial charge in [-0.2, -0.15) is 5.26 Å². The second kappa shape index (κ2) is 3.32. The summed E-state index contributed by atoms with van der Waals surface area (Å²) in [7, 11) is 0. The normalized spacial score (nSPS) is 30.9. The van der Waals surface area contributed by atoms with Gasteiger partial charge in [0.25, 0.3) is 0 Å². The zero-order chi connectivity index (χ0) is 8.39. The minimum absolute atomic E-state index is 0.673. The van der Waals surface area contributed by atoms with Crippen LogP contribution in [0.2, 0.25) is 0 Å². The Hall–Kier alpha value is -0.750. The van der Waals surface area contributed by atoms with Gasteiger partial charge >= 0.3 is 0 Å². The van der Waals surface area contributed by atoms with Crippen molar-refractivity contribution in [1.29, 1.82) is 5.26 Å². The van der Waals surface area contributed by atoms with E-state index >= 15 is 0 Å². The van der Waals surface area contributed by atoms with Crippen molar-refractivity contribution in [1.82, 2.24) is 9.80 Å². The van der Waals surface area contributed by atoms with Crippen LogP contribution in [0.4, 0.5) is 0 Å². The summed E-state index contributed by atoms with van der Waals surface area (Å²) in [6.45, 7) is 4.45. The van der Waals surface area contributed by atoms with E-state index in [2.05, 4.69) is 11.1 Å². The summed E-state index contributed by atoms with van der Waals surface area (Å²) < 4.78 is 0. The van der Waals surface area contributed by atoms with Gasteiger partial charge in [0.1, 0.15) is 0 Å². The first kappa shape index (κ1) is 7.88. The highest BCUT2D eigenvalue weighted by molar-refractivity contribution is 4.90. The van der Waals surface area contributed by atoms with Crippen LogP contribution in [-0.2, 0) is 0 Å². The van der Waals surface area contributed by atoms with Crippen LogP contribution in [0.1, 0.15) is 19.3 Å². The standard InChI is InChI=1S/C9H15N3/c10-8-11-6-3-9(7-11)12-4-1-2-5-12/h9H,1-7H2. The molecule has 0 radical (unpaired) electrons. The quantitative estimate of drug-likeness (QED) is 0.534. The highest BCUT2D eigenvalue weighted by atomic mass is 15.3. The van der Waals surface area contributed by atoms with Crippen molar-refractivity contribution in [2.45, 2.75) is 25.3 Å². The fourth-order valence-corrected chi connectivity index (χ4v) is 2.24. The lowest BCUT2D eigenvalue weighted by Crippen LogP contribution is -2.34. The fraction of sp³-hybridized carbons (Fsp3) is 0.889. The van der Waals surface area contributed by atoms with Gasteiger partial charge in [-0.3, -0.25) is 4.90 Å². The van der Waals surface area contributed by atoms with Crippen LogP contribution < -0.4 is 0 Å². The molecule has 0 saturated carbocycles. The van der Waals surface area contributed by atoms with Gasteiger partial charge in [-0.15, -0.1) is 0 Å². The Kier molecular flexibility index (Phi) is 2.18. The van der Waals surface area contributed by atoms with E-state index in [0.717, 1.165) is 13.1 Å². The average Bonchev–Trinajstić information content (AvgIpc) is 2.75. The van der Waals surface area contributed by atoms with E-state index in [-0.39, 0.29) is 0 Å². The van der Waals surface area contributed by atoms with Gasteiger partial charge in [-0.25, -0.2) is 0 Å². The zero-order valence-electron chi connectivity index (χ0n) is 7.37. The van der Waals surface area contributed by atoms with Gasteiger partial charge < -0.3 is 4.90 Å². The summed E-state index contributed by atoms with van der Waals surface area (Å²) in [4.78, 5) is 4.42. The first-order chi connectivity index (χ1) is 5.90. The van der Waals surface area contributed by atoms with Gasteiger partial charge in [0, 0.05) is 19.1 Å². The van der Waals surface area contributed by atoms with Crippen molar-refractivity contribution in [3.63, 3.8) is 0 Å². The van der Waals surface area contributed by atoms with Crippen LogP contribution >= 0.6 is 0 Å². The van der Waals surface area contributed by atoms with Crippen LogP contribution in [0.15, 0.2) is 0 Å². The van der Waals surface area contributed by atoms with E-state index in [1.807, 2.05) is 4.90 Å². The molecule has 2 aliphatic heterocycles. The van der Waals surface area contributed by atoms with Crippen molar-refractivity contribution in [3.8, 4) is 6.19 Å². The summed E-state index contributed by atoms with van der Waals surface area (Å²) >= 11 is 0. The van der Waals surface area contributed by atoms with Gasteiger partial charge in [0.2, 0.25) is 0 Å². The second-order valence-corrected chi connectivity index (χ2v) is 3.73. The molecule has 0 amide bonds. The minimum Gasteiger partial charge on any atom is -0.309 e. The lowest BCUT2D eigenvalue weighted by atomic mass is 10.2. The molecule has 2 rings (SSSR count). The first-order valence-corrected chi connectivity index (χ1v) is 4.79. The predicted molar refractivity (Wildman–Crippen MR) is 46.4 cm³/mol. The van der Waals surface area contributed by atoms with E-state index in [4.69, 9.17) is 5.26 Å². The molecule has 2 heterocycles. The second-order valence-electron chi connectivity index (χ2n) is 3.73. The van der Waals surface area contributed by atoms with Crippen LogP contribution in [0, 0.1) is 11.5 Å². The molecule has 0 aromatic carbocycles. The molecule has 1 atom stereocenters. The van der Waals surface area contributed by atoms with Crippen molar-refractivity contribution in [3.05, 3.63) is 0 Å². The average molecular weight is 165 g/mol. The Morgan fingerprint density at radius 3 is 2.50 bits per heavy atom. The summed E-state index contributed by atoms with van der Waals surface area (Å²) in [5.74, 6) is 0. The third-order valence-electron chi connectivity index (χ3n) is 2.96. The van der Waals surface area contributed by atoms with Crippen molar-refractivity contribution >= 4 is 0 Å². The van der Waals surface area contributed by atoms with Crippen LogP contribution in [0.25, 0.3) is 0 Å². The molecule has 0 aromatic heterocycles. The molecule has 0 N–H and O–H groups in total.